The Morgan fingerprint density at radius 3 is 2.11 bits per heavy atom. The van der Waals surface area contributed by atoms with E-state index in [1.807, 2.05) is 84.9 Å². The number of thioether (sulfide) groups is 1. The lowest BCUT2D eigenvalue weighted by atomic mass is 10.1. The molecule has 0 radical (unpaired) electrons. The summed E-state index contributed by atoms with van der Waals surface area (Å²) in [5.74, 6) is -0.772. The second kappa shape index (κ2) is 12.7. The van der Waals surface area contributed by atoms with Gasteiger partial charge in [-0.05, 0) is 60.2 Å². The Labute approximate surface area is 225 Å². The predicted molar refractivity (Wildman–Crippen MR) is 154 cm³/mol. The van der Waals surface area contributed by atoms with Crippen molar-refractivity contribution in [2.45, 2.75) is 10.1 Å². The number of ether oxygens (including phenoxy) is 1. The zero-order valence-corrected chi connectivity index (χ0v) is 21.6. The fourth-order valence-corrected chi connectivity index (χ4v) is 4.90. The number of methoxy groups -OCH3 is 1. The van der Waals surface area contributed by atoms with E-state index in [1.54, 1.807) is 24.3 Å². The average Bonchev–Trinajstić information content (AvgIpc) is 2.92. The van der Waals surface area contributed by atoms with Crippen LogP contribution in [0.5, 0.6) is 0 Å². The van der Waals surface area contributed by atoms with E-state index >= 15 is 0 Å². The molecule has 186 valence electrons. The third kappa shape index (κ3) is 7.19. The third-order valence-electron chi connectivity index (χ3n) is 5.31. The van der Waals surface area contributed by atoms with Crippen molar-refractivity contribution in [1.29, 1.82) is 0 Å². The number of nitrogens with one attached hydrogen (secondary N) is 3. The summed E-state index contributed by atoms with van der Waals surface area (Å²) < 4.78 is 4.86. The summed E-state index contributed by atoms with van der Waals surface area (Å²) in [6.45, 7) is 0. The van der Waals surface area contributed by atoms with E-state index in [0.717, 1.165) is 21.8 Å². The minimum Gasteiger partial charge on any atom is -0.465 e. The van der Waals surface area contributed by atoms with Gasteiger partial charge in [0.05, 0.1) is 18.4 Å². The molecular weight excluding hydrogens is 502 g/mol. The monoisotopic (exact) mass is 527 g/mol. The van der Waals surface area contributed by atoms with Crippen molar-refractivity contribution < 1.29 is 14.3 Å². The van der Waals surface area contributed by atoms with Gasteiger partial charge in [0, 0.05) is 16.3 Å². The highest BCUT2D eigenvalue weighted by molar-refractivity contribution is 8.00. The van der Waals surface area contributed by atoms with Gasteiger partial charge < -0.3 is 20.7 Å². The fourth-order valence-electron chi connectivity index (χ4n) is 3.58. The highest BCUT2D eigenvalue weighted by Gasteiger charge is 2.24. The van der Waals surface area contributed by atoms with Crippen LogP contribution in [0.3, 0.4) is 0 Å². The van der Waals surface area contributed by atoms with Crippen LogP contribution >= 0.6 is 24.0 Å². The molecule has 6 nitrogen and oxygen atoms in total. The number of carbonyl (C=O) groups excluding carboxylic acids is 2. The summed E-state index contributed by atoms with van der Waals surface area (Å²) in [5, 5.41) is 9.15. The molecule has 0 aliphatic heterocycles. The van der Waals surface area contributed by atoms with Gasteiger partial charge in [-0.3, -0.25) is 4.79 Å². The first kappa shape index (κ1) is 25.9. The molecule has 3 N–H and O–H groups in total. The summed E-state index contributed by atoms with van der Waals surface area (Å²) in [6.07, 6.45) is 0. The number of thiocarbonyl (C=S) groups is 1. The number of para-hydroxylation sites is 2. The quantitative estimate of drug-likeness (QED) is 0.133. The molecule has 0 saturated heterocycles. The lowest BCUT2D eigenvalue weighted by Gasteiger charge is -2.19. The van der Waals surface area contributed by atoms with Crippen LogP contribution in [-0.4, -0.2) is 24.1 Å². The van der Waals surface area contributed by atoms with Crippen molar-refractivity contribution in [3.8, 4) is 0 Å². The number of carbonyl (C=O) groups is 2. The first-order chi connectivity index (χ1) is 18.0. The number of amides is 1. The molecular formula is C29H25N3O3S2. The van der Waals surface area contributed by atoms with E-state index in [1.165, 1.54) is 18.9 Å². The smallest absolute Gasteiger partial charge is 0.339 e. The SMILES string of the molecule is COC(=O)c1ccccc1NC(=O)C(Sc1cccc(NC(=S)Nc2ccccc2)c1)c1ccccc1. The van der Waals surface area contributed by atoms with Crippen LogP contribution in [-0.2, 0) is 9.53 Å². The van der Waals surface area contributed by atoms with Crippen molar-refractivity contribution in [3.63, 3.8) is 0 Å². The van der Waals surface area contributed by atoms with Crippen molar-refractivity contribution in [3.05, 3.63) is 120 Å². The van der Waals surface area contributed by atoms with E-state index in [4.69, 9.17) is 17.0 Å². The molecule has 8 heteroatoms. The van der Waals surface area contributed by atoms with Gasteiger partial charge in [0.15, 0.2) is 5.11 Å². The van der Waals surface area contributed by atoms with Gasteiger partial charge in [-0.1, -0.05) is 66.7 Å². The zero-order valence-electron chi connectivity index (χ0n) is 20.0. The van der Waals surface area contributed by atoms with E-state index in [2.05, 4.69) is 16.0 Å². The van der Waals surface area contributed by atoms with Gasteiger partial charge in [0.1, 0.15) is 5.25 Å². The number of benzene rings is 4. The summed E-state index contributed by atoms with van der Waals surface area (Å²) in [6, 6.07) is 33.6. The van der Waals surface area contributed by atoms with Gasteiger partial charge in [-0.25, -0.2) is 4.79 Å². The van der Waals surface area contributed by atoms with E-state index < -0.39 is 11.2 Å². The Kier molecular flexibility index (Phi) is 8.91. The minimum atomic E-state index is -0.573. The molecule has 0 aliphatic carbocycles. The molecule has 0 bridgehead atoms. The second-order valence-electron chi connectivity index (χ2n) is 7.91. The van der Waals surface area contributed by atoms with Gasteiger partial charge in [0.2, 0.25) is 5.91 Å². The Bertz CT molecular complexity index is 1380. The van der Waals surface area contributed by atoms with Gasteiger partial charge in [0.25, 0.3) is 0 Å². The number of hydrogen-bond donors (Lipinski definition) is 3. The number of rotatable bonds is 8. The summed E-state index contributed by atoms with van der Waals surface area (Å²) in [5.41, 5.74) is 3.20. The molecule has 0 aromatic heterocycles. The molecule has 1 atom stereocenters. The molecule has 0 aliphatic rings. The molecule has 1 unspecified atom stereocenters. The third-order valence-corrected chi connectivity index (χ3v) is 6.76. The number of hydrogen-bond acceptors (Lipinski definition) is 5. The molecule has 4 aromatic carbocycles. The number of esters is 1. The molecule has 0 heterocycles. The summed E-state index contributed by atoms with van der Waals surface area (Å²) >= 11 is 6.85. The molecule has 37 heavy (non-hydrogen) atoms. The maximum absolute atomic E-state index is 13.5. The highest BCUT2D eigenvalue weighted by Crippen LogP contribution is 2.37. The summed E-state index contributed by atoms with van der Waals surface area (Å²) in [4.78, 5) is 26.6. The van der Waals surface area contributed by atoms with Crippen molar-refractivity contribution in [2.75, 3.05) is 23.1 Å². The van der Waals surface area contributed by atoms with Crippen LogP contribution in [0.25, 0.3) is 0 Å². The predicted octanol–water partition coefficient (Wildman–Crippen LogP) is 6.75. The lowest BCUT2D eigenvalue weighted by Crippen LogP contribution is -2.21. The van der Waals surface area contributed by atoms with Gasteiger partial charge in [-0.2, -0.15) is 0 Å². The Hall–Kier alpha value is -4.14. The van der Waals surface area contributed by atoms with Crippen LogP contribution in [0.15, 0.2) is 114 Å². The van der Waals surface area contributed by atoms with Crippen molar-refractivity contribution in [1.82, 2.24) is 0 Å². The second-order valence-corrected chi connectivity index (χ2v) is 9.49. The van der Waals surface area contributed by atoms with Crippen LogP contribution in [0, 0.1) is 0 Å². The molecule has 0 saturated carbocycles. The van der Waals surface area contributed by atoms with Crippen LogP contribution in [0.1, 0.15) is 21.2 Å². The Balaban J connectivity index is 1.53. The maximum atomic E-state index is 13.5. The van der Waals surface area contributed by atoms with Gasteiger partial charge in [-0.15, -0.1) is 11.8 Å². The Morgan fingerprint density at radius 2 is 1.38 bits per heavy atom. The largest absolute Gasteiger partial charge is 0.465 e. The zero-order chi connectivity index (χ0) is 26.0. The maximum Gasteiger partial charge on any atom is 0.339 e. The van der Waals surface area contributed by atoms with Crippen molar-refractivity contribution in [2.24, 2.45) is 0 Å². The lowest BCUT2D eigenvalue weighted by molar-refractivity contribution is -0.115. The first-order valence-corrected chi connectivity index (χ1v) is 12.7. The Morgan fingerprint density at radius 1 is 0.757 bits per heavy atom. The molecule has 0 fully saturated rings. The molecule has 4 rings (SSSR count). The van der Waals surface area contributed by atoms with E-state index in [0.29, 0.717) is 16.4 Å². The first-order valence-electron chi connectivity index (χ1n) is 11.5. The minimum absolute atomic E-state index is 0.257. The van der Waals surface area contributed by atoms with Gasteiger partial charge >= 0.3 is 5.97 Å². The van der Waals surface area contributed by atoms with Crippen LogP contribution < -0.4 is 16.0 Å². The fraction of sp³-hybridized carbons (Fsp3) is 0.0690. The molecule has 1 amide bonds. The standard InChI is InChI=1S/C29H25N3O3S2/c1-35-28(34)24-17-8-9-18-25(24)32-27(33)26(20-11-4-2-5-12-20)37-23-16-10-15-22(19-23)31-29(36)30-21-13-6-3-7-14-21/h2-19,26H,1H3,(H,32,33)(H2,30,31,36). The normalized spacial score (nSPS) is 11.2. The van der Waals surface area contributed by atoms with E-state index in [-0.39, 0.29) is 5.91 Å². The molecule has 0 spiro atoms. The van der Waals surface area contributed by atoms with Crippen LogP contribution in [0.2, 0.25) is 0 Å². The van der Waals surface area contributed by atoms with Crippen molar-refractivity contribution >= 4 is 58.0 Å². The van der Waals surface area contributed by atoms with E-state index in [9.17, 15) is 9.59 Å². The molecule has 4 aromatic rings. The topological polar surface area (TPSA) is 79.5 Å². The summed E-state index contributed by atoms with van der Waals surface area (Å²) in [7, 11) is 1.31. The van der Waals surface area contributed by atoms with Crippen LogP contribution in [0.4, 0.5) is 17.1 Å². The number of anilines is 3. The average molecular weight is 528 g/mol. The highest BCUT2D eigenvalue weighted by atomic mass is 32.2.